The van der Waals surface area contributed by atoms with Gasteiger partial charge in [-0.3, -0.25) is 0 Å². The Morgan fingerprint density at radius 2 is 1.08 bits per heavy atom. The van der Waals surface area contributed by atoms with Crippen LogP contribution in [-0.4, -0.2) is 45.8 Å². The number of hydrogen-bond acceptors (Lipinski definition) is 5. The van der Waals surface area contributed by atoms with Crippen molar-refractivity contribution in [2.75, 3.05) is 6.61 Å². The predicted molar refractivity (Wildman–Crippen MR) is 89.6 cm³/mol. The summed E-state index contributed by atoms with van der Waals surface area (Å²) < 4.78 is 4.67. The maximum absolute atomic E-state index is 10.3. The third-order valence-electron chi connectivity index (χ3n) is 1.43. The van der Waals surface area contributed by atoms with Gasteiger partial charge in [-0.2, -0.15) is 0 Å². The van der Waals surface area contributed by atoms with E-state index in [1.165, 1.54) is 6.08 Å². The molecule has 3 N–H and O–H groups in total. The van der Waals surface area contributed by atoms with Gasteiger partial charge in [-0.15, -0.1) is 0 Å². The van der Waals surface area contributed by atoms with Crippen LogP contribution in [0.3, 0.4) is 0 Å². The number of esters is 1. The Bertz CT molecular complexity index is 381. The van der Waals surface area contributed by atoms with E-state index in [4.69, 9.17) is 15.3 Å². The molecular weight excluding hydrogens is 320 g/mol. The second-order valence-electron chi connectivity index (χ2n) is 3.35. The van der Waals surface area contributed by atoms with Crippen LogP contribution >= 0.6 is 0 Å². The first-order valence-electron chi connectivity index (χ1n) is 6.47. The van der Waals surface area contributed by atoms with Gasteiger partial charge in [0, 0.05) is 24.3 Å². The highest BCUT2D eigenvalue weighted by molar-refractivity contribution is 5.81. The Morgan fingerprint density at radius 3 is 1.25 bits per heavy atom. The van der Waals surface area contributed by atoms with Gasteiger partial charge in [-0.1, -0.05) is 39.7 Å². The summed E-state index contributed by atoms with van der Waals surface area (Å²) in [6, 6.07) is 0. The fourth-order valence-electron chi connectivity index (χ4n) is 0.376. The molecule has 0 radical (unpaired) electrons. The zero-order valence-corrected chi connectivity index (χ0v) is 13.6. The summed E-state index contributed by atoms with van der Waals surface area (Å²) in [5, 5.41) is 22.8. The van der Waals surface area contributed by atoms with Gasteiger partial charge in [-0.05, 0) is 6.42 Å². The van der Waals surface area contributed by atoms with Gasteiger partial charge in [0.2, 0.25) is 0 Å². The Kier molecular flexibility index (Phi) is 29.9. The second kappa shape index (κ2) is 24.8. The number of ether oxygens (including phenoxy) is 1. The van der Waals surface area contributed by atoms with Crippen LogP contribution in [0.1, 0.15) is 19.8 Å². The third-order valence-corrected chi connectivity index (χ3v) is 1.43. The Balaban J connectivity index is -0.000000116. The first-order valence-corrected chi connectivity index (χ1v) is 6.47. The highest BCUT2D eigenvalue weighted by atomic mass is 16.5. The second-order valence-corrected chi connectivity index (χ2v) is 3.35. The highest BCUT2D eigenvalue weighted by Crippen LogP contribution is 1.88. The van der Waals surface area contributed by atoms with E-state index in [1.54, 1.807) is 0 Å². The van der Waals surface area contributed by atoms with E-state index in [2.05, 4.69) is 31.1 Å². The van der Waals surface area contributed by atoms with Crippen molar-refractivity contribution >= 4 is 23.9 Å². The van der Waals surface area contributed by atoms with E-state index in [9.17, 15) is 19.2 Å². The first kappa shape index (κ1) is 28.9. The summed E-state index contributed by atoms with van der Waals surface area (Å²) in [5.41, 5.74) is 0. The Morgan fingerprint density at radius 1 is 0.792 bits per heavy atom. The number of carbonyl (C=O) groups excluding carboxylic acids is 1. The summed E-state index contributed by atoms with van der Waals surface area (Å²) >= 11 is 0. The molecule has 0 aliphatic rings. The van der Waals surface area contributed by atoms with Crippen molar-refractivity contribution in [3.63, 3.8) is 0 Å². The average Bonchev–Trinajstić information content (AvgIpc) is 2.56. The van der Waals surface area contributed by atoms with E-state index in [0.29, 0.717) is 6.61 Å². The molecule has 0 bridgehead atoms. The fraction of sp³-hybridized carbons (Fsp3) is 0.250. The normalized spacial score (nSPS) is 7.21. The van der Waals surface area contributed by atoms with Gasteiger partial charge in [0.1, 0.15) is 0 Å². The molecule has 24 heavy (non-hydrogen) atoms. The summed E-state index contributed by atoms with van der Waals surface area (Å²) in [5.74, 6) is -3.27. The minimum Gasteiger partial charge on any atom is -0.478 e. The molecule has 0 saturated carbocycles. The molecule has 0 fully saturated rings. The lowest BCUT2D eigenvalue weighted by molar-refractivity contribution is -0.138. The van der Waals surface area contributed by atoms with E-state index < -0.39 is 17.9 Å². The molecule has 0 rings (SSSR count). The molecule has 0 unspecified atom stereocenters. The van der Waals surface area contributed by atoms with Gasteiger partial charge >= 0.3 is 23.9 Å². The predicted octanol–water partition coefficient (Wildman–Crippen LogP) is 2.29. The third kappa shape index (κ3) is 61.9. The SMILES string of the molecule is C=CC(=O)O.C=CC(=O)O.C=CC(=O)O.C=CC(=O)OCCCC. The van der Waals surface area contributed by atoms with Crippen molar-refractivity contribution in [3.05, 3.63) is 50.6 Å². The van der Waals surface area contributed by atoms with Gasteiger partial charge < -0.3 is 20.1 Å². The summed E-state index contributed by atoms with van der Waals surface area (Å²) in [7, 11) is 0. The highest BCUT2D eigenvalue weighted by Gasteiger charge is 1.91. The lowest BCUT2D eigenvalue weighted by Crippen LogP contribution is -2.00. The number of aliphatic carboxylic acids is 3. The number of unbranched alkanes of at least 4 members (excludes halogenated alkanes) is 1. The molecule has 0 aromatic carbocycles. The van der Waals surface area contributed by atoms with Crippen LogP contribution in [0.25, 0.3) is 0 Å². The maximum Gasteiger partial charge on any atom is 0.330 e. The number of carboxylic acid groups (broad SMARTS) is 3. The van der Waals surface area contributed by atoms with Crippen molar-refractivity contribution in [2.24, 2.45) is 0 Å². The molecule has 0 aliphatic heterocycles. The van der Waals surface area contributed by atoms with Crippen molar-refractivity contribution in [3.8, 4) is 0 Å². The van der Waals surface area contributed by atoms with Crippen molar-refractivity contribution in [2.45, 2.75) is 19.8 Å². The van der Waals surface area contributed by atoms with E-state index in [-0.39, 0.29) is 5.97 Å². The molecular formula is C16H24O8. The molecule has 0 heterocycles. The molecule has 0 amide bonds. The van der Waals surface area contributed by atoms with Crippen LogP contribution in [0, 0.1) is 0 Å². The summed E-state index contributed by atoms with van der Waals surface area (Å²) in [6.07, 6.45) is 5.65. The first-order chi connectivity index (χ1) is 11.1. The minimum atomic E-state index is -0.981. The number of hydrogen-bond donors (Lipinski definition) is 3. The van der Waals surface area contributed by atoms with Gasteiger partial charge in [0.05, 0.1) is 6.61 Å². The molecule has 0 atom stereocenters. The van der Waals surface area contributed by atoms with Crippen molar-refractivity contribution < 1.29 is 39.2 Å². The zero-order chi connectivity index (χ0) is 20.0. The molecule has 0 aromatic heterocycles. The van der Waals surface area contributed by atoms with Crippen molar-refractivity contribution in [1.82, 2.24) is 0 Å². The van der Waals surface area contributed by atoms with Crippen LogP contribution < -0.4 is 0 Å². The minimum absolute atomic E-state index is 0.330. The Labute approximate surface area is 141 Å². The van der Waals surface area contributed by atoms with Crippen LogP contribution in [0.2, 0.25) is 0 Å². The Hall–Kier alpha value is -3.16. The summed E-state index contributed by atoms with van der Waals surface area (Å²) in [4.78, 5) is 38.1. The smallest absolute Gasteiger partial charge is 0.330 e. The van der Waals surface area contributed by atoms with Crippen LogP contribution in [-0.2, 0) is 23.9 Å². The standard InChI is InChI=1S/C7H12O2.3C3H4O2/c1-3-5-6-9-7(8)4-2;3*1-2-3(4)5/h4H,2-3,5-6H2,1H3;3*2H,1H2,(H,4,5). The maximum atomic E-state index is 10.3. The molecule has 8 heteroatoms. The summed E-state index contributed by atoms with van der Waals surface area (Å²) in [6.45, 7) is 14.7. The van der Waals surface area contributed by atoms with Crippen LogP contribution in [0.4, 0.5) is 0 Å². The number of carboxylic acids is 3. The monoisotopic (exact) mass is 344 g/mol. The molecule has 0 saturated heterocycles. The molecule has 0 aromatic rings. The number of rotatable bonds is 7. The lowest BCUT2D eigenvalue weighted by Gasteiger charge is -1.97. The van der Waals surface area contributed by atoms with Crippen molar-refractivity contribution in [1.29, 1.82) is 0 Å². The largest absolute Gasteiger partial charge is 0.478 e. The average molecular weight is 344 g/mol. The van der Waals surface area contributed by atoms with Gasteiger partial charge in [0.25, 0.3) is 0 Å². The van der Waals surface area contributed by atoms with Gasteiger partial charge in [-0.25, -0.2) is 19.2 Å². The van der Waals surface area contributed by atoms with Gasteiger partial charge in [0.15, 0.2) is 0 Å². The van der Waals surface area contributed by atoms with E-state index >= 15 is 0 Å². The molecule has 136 valence electrons. The molecule has 8 nitrogen and oxygen atoms in total. The topological polar surface area (TPSA) is 138 Å². The quantitative estimate of drug-likeness (QED) is 0.363. The van der Waals surface area contributed by atoms with Crippen LogP contribution in [0.5, 0.6) is 0 Å². The molecule has 0 spiro atoms. The van der Waals surface area contributed by atoms with E-state index in [0.717, 1.165) is 31.1 Å². The van der Waals surface area contributed by atoms with E-state index in [1.807, 2.05) is 6.92 Å². The van der Waals surface area contributed by atoms with Crippen LogP contribution in [0.15, 0.2) is 50.6 Å². The fourth-order valence-corrected chi connectivity index (χ4v) is 0.376. The lowest BCUT2D eigenvalue weighted by atomic mass is 10.4. The number of carbonyl (C=O) groups is 4. The zero-order valence-electron chi connectivity index (χ0n) is 13.6. The molecule has 0 aliphatic carbocycles.